The zero-order valence-corrected chi connectivity index (χ0v) is 17.1. The predicted octanol–water partition coefficient (Wildman–Crippen LogP) is 3.41. The minimum Gasteiger partial charge on any atom is -0.368 e. The van der Waals surface area contributed by atoms with E-state index in [0.717, 1.165) is 41.8 Å². The Morgan fingerprint density at radius 3 is 2.59 bits per heavy atom. The van der Waals surface area contributed by atoms with E-state index in [0.29, 0.717) is 10.9 Å². The van der Waals surface area contributed by atoms with E-state index < -0.39 is 10.0 Å². The summed E-state index contributed by atoms with van der Waals surface area (Å²) in [6.45, 7) is 6.75. The first-order valence-electron chi connectivity index (χ1n) is 8.88. The summed E-state index contributed by atoms with van der Waals surface area (Å²) in [7, 11) is -3.63. The SMILES string of the molecule is Cc1ccccc1S(=O)(=O)n1ccc2c(N3CCNC(C)C3)cccc21.Cl. The highest BCUT2D eigenvalue weighted by Gasteiger charge is 2.23. The maximum Gasteiger partial charge on any atom is 0.268 e. The minimum atomic E-state index is -3.63. The number of aromatic nitrogens is 1. The van der Waals surface area contributed by atoms with Gasteiger partial charge >= 0.3 is 0 Å². The fourth-order valence-electron chi connectivity index (χ4n) is 3.71. The predicted molar refractivity (Wildman–Crippen MR) is 113 cm³/mol. The Bertz CT molecular complexity index is 1060. The van der Waals surface area contributed by atoms with Gasteiger partial charge in [0.25, 0.3) is 10.0 Å². The van der Waals surface area contributed by atoms with E-state index in [1.54, 1.807) is 18.3 Å². The molecule has 0 spiro atoms. The van der Waals surface area contributed by atoms with Crippen LogP contribution in [-0.4, -0.2) is 38.1 Å². The van der Waals surface area contributed by atoms with Crippen molar-refractivity contribution in [1.29, 1.82) is 0 Å². The van der Waals surface area contributed by atoms with Crippen molar-refractivity contribution < 1.29 is 8.42 Å². The van der Waals surface area contributed by atoms with Gasteiger partial charge in [0.05, 0.1) is 10.4 Å². The molecule has 0 saturated carbocycles. The Morgan fingerprint density at radius 1 is 1.07 bits per heavy atom. The lowest BCUT2D eigenvalue weighted by Crippen LogP contribution is -2.49. The van der Waals surface area contributed by atoms with Gasteiger partial charge in [-0.2, -0.15) is 0 Å². The van der Waals surface area contributed by atoms with Gasteiger partial charge in [-0.25, -0.2) is 12.4 Å². The summed E-state index contributed by atoms with van der Waals surface area (Å²) in [5, 5.41) is 4.42. The lowest BCUT2D eigenvalue weighted by molar-refractivity contribution is 0.485. The first-order chi connectivity index (χ1) is 12.5. The van der Waals surface area contributed by atoms with Crippen LogP contribution in [-0.2, 0) is 10.0 Å². The molecular weight excluding hydrogens is 382 g/mol. The second-order valence-electron chi connectivity index (χ2n) is 6.89. The number of piperazine rings is 1. The molecule has 0 amide bonds. The highest BCUT2D eigenvalue weighted by molar-refractivity contribution is 7.90. The van der Waals surface area contributed by atoms with E-state index in [1.807, 2.05) is 37.3 Å². The van der Waals surface area contributed by atoms with Crippen molar-refractivity contribution >= 4 is 39.0 Å². The number of nitrogens with zero attached hydrogens (tertiary/aromatic N) is 2. The Balaban J connectivity index is 0.00000210. The van der Waals surface area contributed by atoms with Gasteiger partial charge in [0.2, 0.25) is 0 Å². The van der Waals surface area contributed by atoms with Crippen molar-refractivity contribution in [2.75, 3.05) is 24.5 Å². The summed E-state index contributed by atoms with van der Waals surface area (Å²) in [6, 6.07) is 15.3. The number of aryl methyl sites for hydroxylation is 1. The number of anilines is 1. The second-order valence-corrected chi connectivity index (χ2v) is 8.68. The lowest BCUT2D eigenvalue weighted by Gasteiger charge is -2.34. The van der Waals surface area contributed by atoms with Gasteiger partial charge in [-0.05, 0) is 43.7 Å². The Morgan fingerprint density at radius 2 is 1.85 bits per heavy atom. The molecule has 1 aliphatic rings. The van der Waals surface area contributed by atoms with E-state index in [4.69, 9.17) is 0 Å². The van der Waals surface area contributed by atoms with Gasteiger partial charge in [-0.1, -0.05) is 24.3 Å². The number of rotatable bonds is 3. The molecule has 144 valence electrons. The summed E-state index contributed by atoms with van der Waals surface area (Å²) >= 11 is 0. The molecule has 1 saturated heterocycles. The smallest absolute Gasteiger partial charge is 0.268 e. The molecule has 1 N–H and O–H groups in total. The maximum absolute atomic E-state index is 13.2. The molecule has 1 unspecified atom stereocenters. The van der Waals surface area contributed by atoms with Crippen molar-refractivity contribution in [2.24, 2.45) is 0 Å². The first kappa shape index (κ1) is 19.7. The number of fused-ring (bicyclic) bond motifs is 1. The van der Waals surface area contributed by atoms with Gasteiger partial charge in [0.1, 0.15) is 0 Å². The van der Waals surface area contributed by atoms with Crippen LogP contribution in [0, 0.1) is 6.92 Å². The largest absolute Gasteiger partial charge is 0.368 e. The Labute approximate surface area is 166 Å². The van der Waals surface area contributed by atoms with Crippen LogP contribution in [0.2, 0.25) is 0 Å². The van der Waals surface area contributed by atoms with Crippen molar-refractivity contribution in [1.82, 2.24) is 9.29 Å². The summed E-state index contributed by atoms with van der Waals surface area (Å²) in [6.07, 6.45) is 1.67. The molecule has 7 heteroatoms. The molecule has 2 aromatic carbocycles. The molecule has 0 radical (unpaired) electrons. The number of hydrogen-bond donors (Lipinski definition) is 1. The summed E-state index contributed by atoms with van der Waals surface area (Å²) < 4.78 is 27.8. The molecule has 0 bridgehead atoms. The van der Waals surface area contributed by atoms with E-state index in [9.17, 15) is 8.42 Å². The van der Waals surface area contributed by atoms with E-state index in [1.165, 1.54) is 3.97 Å². The number of halogens is 1. The van der Waals surface area contributed by atoms with Crippen LogP contribution in [0.1, 0.15) is 12.5 Å². The fourth-order valence-corrected chi connectivity index (χ4v) is 5.29. The highest BCUT2D eigenvalue weighted by atomic mass is 35.5. The molecule has 1 aromatic heterocycles. The molecule has 1 atom stereocenters. The third-order valence-corrected chi connectivity index (χ3v) is 6.86. The van der Waals surface area contributed by atoms with E-state index in [2.05, 4.69) is 23.2 Å². The van der Waals surface area contributed by atoms with Crippen LogP contribution in [0.5, 0.6) is 0 Å². The van der Waals surface area contributed by atoms with Crippen molar-refractivity contribution in [3.8, 4) is 0 Å². The fraction of sp³-hybridized carbons (Fsp3) is 0.300. The van der Waals surface area contributed by atoms with Crippen LogP contribution < -0.4 is 10.2 Å². The van der Waals surface area contributed by atoms with Crippen molar-refractivity contribution in [3.05, 3.63) is 60.3 Å². The van der Waals surface area contributed by atoms with Crippen LogP contribution in [0.4, 0.5) is 5.69 Å². The molecule has 3 aromatic rings. The molecule has 1 fully saturated rings. The average molecular weight is 406 g/mol. The minimum absolute atomic E-state index is 0. The third-order valence-electron chi connectivity index (χ3n) is 5.01. The molecule has 1 aliphatic heterocycles. The zero-order valence-electron chi connectivity index (χ0n) is 15.4. The van der Waals surface area contributed by atoms with Crippen molar-refractivity contribution in [3.63, 3.8) is 0 Å². The molecule has 27 heavy (non-hydrogen) atoms. The Hall–Kier alpha value is -2.02. The van der Waals surface area contributed by atoms with Gasteiger partial charge in [0.15, 0.2) is 0 Å². The van der Waals surface area contributed by atoms with Crippen LogP contribution in [0.3, 0.4) is 0 Å². The standard InChI is InChI=1S/C20H23N3O2S.ClH/c1-15-6-3-4-9-20(15)26(24,25)23-12-10-17-18(7-5-8-19(17)23)22-13-11-21-16(2)14-22;/h3-10,12,16,21H,11,13-14H2,1-2H3;1H. The van der Waals surface area contributed by atoms with Gasteiger partial charge in [-0.3, -0.25) is 0 Å². The molecule has 4 rings (SSSR count). The summed E-state index contributed by atoms with van der Waals surface area (Å²) in [4.78, 5) is 2.67. The monoisotopic (exact) mass is 405 g/mol. The maximum atomic E-state index is 13.2. The van der Waals surface area contributed by atoms with Crippen LogP contribution >= 0.6 is 12.4 Å². The van der Waals surface area contributed by atoms with Gasteiger partial charge in [-0.15, -0.1) is 12.4 Å². The summed E-state index contributed by atoms with van der Waals surface area (Å²) in [5.41, 5.74) is 2.56. The zero-order chi connectivity index (χ0) is 18.3. The van der Waals surface area contributed by atoms with Crippen molar-refractivity contribution in [2.45, 2.75) is 24.8 Å². The molecular formula is C20H24ClN3O2S. The van der Waals surface area contributed by atoms with Crippen LogP contribution in [0.15, 0.2) is 59.6 Å². The average Bonchev–Trinajstić information content (AvgIpc) is 3.07. The third kappa shape index (κ3) is 3.45. The van der Waals surface area contributed by atoms with Gasteiger partial charge in [0, 0.05) is 42.9 Å². The number of benzene rings is 2. The number of nitrogens with one attached hydrogen (secondary N) is 1. The first-order valence-corrected chi connectivity index (χ1v) is 10.3. The highest BCUT2D eigenvalue weighted by Crippen LogP contribution is 2.31. The summed E-state index contributed by atoms with van der Waals surface area (Å²) in [5.74, 6) is 0. The normalized spacial score (nSPS) is 17.7. The van der Waals surface area contributed by atoms with Gasteiger partial charge < -0.3 is 10.2 Å². The Kier molecular flexibility index (Phi) is 5.51. The topological polar surface area (TPSA) is 54.3 Å². The van der Waals surface area contributed by atoms with E-state index >= 15 is 0 Å². The van der Waals surface area contributed by atoms with E-state index in [-0.39, 0.29) is 12.4 Å². The quantitative estimate of drug-likeness (QED) is 0.725. The molecule has 5 nitrogen and oxygen atoms in total. The van der Waals surface area contributed by atoms with Crippen LogP contribution in [0.25, 0.3) is 10.9 Å². The lowest BCUT2D eigenvalue weighted by atomic mass is 10.1. The number of hydrogen-bond acceptors (Lipinski definition) is 4. The second kappa shape index (κ2) is 7.54. The molecule has 0 aliphatic carbocycles. The molecule has 2 heterocycles.